The number of carboxylic acid groups (broad SMARTS) is 1. The SMILES string of the molecule is O=C(NCCCC1CC1)NCC1(C(=O)O)CCOCC1. The Morgan fingerprint density at radius 2 is 1.90 bits per heavy atom. The van der Waals surface area contributed by atoms with Crippen LogP contribution in [0.4, 0.5) is 4.79 Å². The van der Waals surface area contributed by atoms with E-state index in [9.17, 15) is 14.7 Å². The third-order valence-electron chi connectivity index (χ3n) is 4.26. The van der Waals surface area contributed by atoms with Gasteiger partial charge in [0.2, 0.25) is 0 Å². The van der Waals surface area contributed by atoms with Crippen LogP contribution >= 0.6 is 0 Å². The van der Waals surface area contributed by atoms with Gasteiger partial charge in [0, 0.05) is 26.3 Å². The molecule has 0 radical (unpaired) electrons. The van der Waals surface area contributed by atoms with Crippen LogP contribution < -0.4 is 10.6 Å². The lowest BCUT2D eigenvalue weighted by Gasteiger charge is -2.33. The second-order valence-corrected chi connectivity index (χ2v) is 5.89. The summed E-state index contributed by atoms with van der Waals surface area (Å²) in [5, 5.41) is 14.8. The van der Waals surface area contributed by atoms with Gasteiger partial charge in [0.1, 0.15) is 0 Å². The highest BCUT2D eigenvalue weighted by Crippen LogP contribution is 2.33. The number of rotatable bonds is 7. The van der Waals surface area contributed by atoms with Crippen LogP contribution in [-0.2, 0) is 9.53 Å². The Morgan fingerprint density at radius 1 is 1.20 bits per heavy atom. The Morgan fingerprint density at radius 3 is 2.50 bits per heavy atom. The molecular formula is C14H24N2O4. The quantitative estimate of drug-likeness (QED) is 0.616. The highest BCUT2D eigenvalue weighted by atomic mass is 16.5. The fraction of sp³-hybridized carbons (Fsp3) is 0.857. The molecule has 1 aliphatic heterocycles. The summed E-state index contributed by atoms with van der Waals surface area (Å²) in [6.45, 7) is 1.71. The van der Waals surface area contributed by atoms with Crippen molar-refractivity contribution in [1.82, 2.24) is 10.6 Å². The molecule has 0 aromatic carbocycles. The smallest absolute Gasteiger partial charge is 0.314 e. The molecule has 6 nitrogen and oxygen atoms in total. The molecule has 2 aliphatic rings. The van der Waals surface area contributed by atoms with Gasteiger partial charge in [0.05, 0.1) is 5.41 Å². The van der Waals surface area contributed by atoms with E-state index >= 15 is 0 Å². The van der Waals surface area contributed by atoms with E-state index in [0.29, 0.717) is 32.6 Å². The molecule has 0 unspecified atom stereocenters. The molecule has 1 saturated heterocycles. The van der Waals surface area contributed by atoms with Crippen molar-refractivity contribution in [2.75, 3.05) is 26.3 Å². The summed E-state index contributed by atoms with van der Waals surface area (Å²) in [7, 11) is 0. The number of urea groups is 1. The number of nitrogens with one attached hydrogen (secondary N) is 2. The summed E-state index contributed by atoms with van der Waals surface area (Å²) in [5.41, 5.74) is -0.871. The maximum Gasteiger partial charge on any atom is 0.314 e. The number of amides is 2. The summed E-state index contributed by atoms with van der Waals surface area (Å²) in [5.74, 6) is 0.0206. The highest BCUT2D eigenvalue weighted by molar-refractivity contribution is 5.78. The molecule has 0 spiro atoms. The lowest BCUT2D eigenvalue weighted by molar-refractivity contribution is -0.154. The predicted molar refractivity (Wildman–Crippen MR) is 73.5 cm³/mol. The summed E-state index contributed by atoms with van der Waals surface area (Å²) in [6.07, 6.45) is 5.73. The lowest BCUT2D eigenvalue weighted by Crippen LogP contribution is -2.48. The van der Waals surface area contributed by atoms with E-state index in [1.54, 1.807) is 0 Å². The van der Waals surface area contributed by atoms with E-state index in [1.807, 2.05) is 0 Å². The molecule has 0 atom stereocenters. The molecule has 0 aromatic rings. The zero-order valence-electron chi connectivity index (χ0n) is 11.8. The molecule has 3 N–H and O–H groups in total. The Kier molecular flexibility index (Phi) is 5.23. The monoisotopic (exact) mass is 284 g/mol. The Balaban J connectivity index is 1.65. The average Bonchev–Trinajstić information content (AvgIpc) is 3.26. The molecule has 6 heteroatoms. The van der Waals surface area contributed by atoms with Crippen LogP contribution in [0.1, 0.15) is 38.5 Å². The van der Waals surface area contributed by atoms with E-state index in [1.165, 1.54) is 19.3 Å². The summed E-state index contributed by atoms with van der Waals surface area (Å²) in [4.78, 5) is 23.1. The van der Waals surface area contributed by atoms with Crippen molar-refractivity contribution < 1.29 is 19.4 Å². The number of carboxylic acids is 1. The van der Waals surface area contributed by atoms with E-state index in [4.69, 9.17) is 4.74 Å². The van der Waals surface area contributed by atoms with Crippen LogP contribution in [-0.4, -0.2) is 43.4 Å². The van der Waals surface area contributed by atoms with Gasteiger partial charge in [-0.15, -0.1) is 0 Å². The van der Waals surface area contributed by atoms with E-state index in [0.717, 1.165) is 12.3 Å². The molecule has 20 heavy (non-hydrogen) atoms. The molecular weight excluding hydrogens is 260 g/mol. The Labute approximate surface area is 119 Å². The van der Waals surface area contributed by atoms with Crippen LogP contribution in [0.15, 0.2) is 0 Å². The fourth-order valence-electron chi connectivity index (χ4n) is 2.54. The van der Waals surface area contributed by atoms with Crippen molar-refractivity contribution in [2.24, 2.45) is 11.3 Å². The molecule has 2 rings (SSSR count). The summed E-state index contributed by atoms with van der Waals surface area (Å²) in [6, 6.07) is -0.270. The zero-order valence-corrected chi connectivity index (χ0v) is 11.8. The van der Waals surface area contributed by atoms with Crippen LogP contribution in [0.25, 0.3) is 0 Å². The van der Waals surface area contributed by atoms with Gasteiger partial charge in [-0.1, -0.05) is 12.8 Å². The largest absolute Gasteiger partial charge is 0.481 e. The highest BCUT2D eigenvalue weighted by Gasteiger charge is 2.40. The van der Waals surface area contributed by atoms with Crippen LogP contribution in [0.5, 0.6) is 0 Å². The Hall–Kier alpha value is -1.30. The van der Waals surface area contributed by atoms with Gasteiger partial charge in [-0.25, -0.2) is 4.79 Å². The van der Waals surface area contributed by atoms with E-state index < -0.39 is 11.4 Å². The molecule has 2 amide bonds. The molecule has 1 saturated carbocycles. The van der Waals surface area contributed by atoms with Crippen molar-refractivity contribution in [1.29, 1.82) is 0 Å². The standard InChI is InChI=1S/C14H24N2O4/c17-12(18)14(5-8-20-9-6-14)10-16-13(19)15-7-1-2-11-3-4-11/h11H,1-10H2,(H,17,18)(H2,15,16,19). The second kappa shape index (κ2) is 6.92. The molecule has 114 valence electrons. The lowest BCUT2D eigenvalue weighted by atomic mass is 9.80. The molecule has 1 aliphatic carbocycles. The topological polar surface area (TPSA) is 87.7 Å². The predicted octanol–water partition coefficient (Wildman–Crippen LogP) is 1.36. The van der Waals surface area contributed by atoms with Gasteiger partial charge in [0.25, 0.3) is 0 Å². The number of hydrogen-bond acceptors (Lipinski definition) is 3. The summed E-state index contributed by atoms with van der Waals surface area (Å²) < 4.78 is 5.20. The molecule has 1 heterocycles. The first-order chi connectivity index (χ1) is 9.62. The first-order valence-corrected chi connectivity index (χ1v) is 7.45. The van der Waals surface area contributed by atoms with Crippen LogP contribution in [0.3, 0.4) is 0 Å². The van der Waals surface area contributed by atoms with Gasteiger partial charge in [0.15, 0.2) is 0 Å². The van der Waals surface area contributed by atoms with Gasteiger partial charge >= 0.3 is 12.0 Å². The zero-order chi connectivity index (χ0) is 14.4. The van der Waals surface area contributed by atoms with Crippen molar-refractivity contribution in [3.05, 3.63) is 0 Å². The van der Waals surface area contributed by atoms with Gasteiger partial charge in [-0.3, -0.25) is 4.79 Å². The van der Waals surface area contributed by atoms with Crippen molar-refractivity contribution in [3.8, 4) is 0 Å². The number of carbonyl (C=O) groups is 2. The summed E-state index contributed by atoms with van der Waals surface area (Å²) >= 11 is 0. The van der Waals surface area contributed by atoms with Crippen LogP contribution in [0.2, 0.25) is 0 Å². The number of ether oxygens (including phenoxy) is 1. The third kappa shape index (κ3) is 4.37. The van der Waals surface area contributed by atoms with Gasteiger partial charge in [-0.05, 0) is 31.6 Å². The van der Waals surface area contributed by atoms with Crippen molar-refractivity contribution in [3.63, 3.8) is 0 Å². The van der Waals surface area contributed by atoms with Crippen molar-refractivity contribution in [2.45, 2.75) is 38.5 Å². The molecule has 2 fully saturated rings. The molecule has 0 bridgehead atoms. The van der Waals surface area contributed by atoms with Crippen molar-refractivity contribution >= 4 is 12.0 Å². The van der Waals surface area contributed by atoms with Crippen LogP contribution in [0, 0.1) is 11.3 Å². The second-order valence-electron chi connectivity index (χ2n) is 5.89. The molecule has 0 aromatic heterocycles. The first-order valence-electron chi connectivity index (χ1n) is 7.45. The Bertz CT molecular complexity index is 349. The minimum Gasteiger partial charge on any atom is -0.481 e. The van der Waals surface area contributed by atoms with Gasteiger partial charge in [-0.2, -0.15) is 0 Å². The first kappa shape index (κ1) is 15.1. The maximum absolute atomic E-state index is 11.7. The maximum atomic E-state index is 11.7. The number of carbonyl (C=O) groups excluding carboxylic acids is 1. The number of hydrogen-bond donors (Lipinski definition) is 3. The minimum atomic E-state index is -0.871. The van der Waals surface area contributed by atoms with E-state index in [2.05, 4.69) is 10.6 Å². The van der Waals surface area contributed by atoms with E-state index in [-0.39, 0.29) is 12.6 Å². The average molecular weight is 284 g/mol. The fourth-order valence-corrected chi connectivity index (χ4v) is 2.54. The number of aliphatic carboxylic acids is 1. The third-order valence-corrected chi connectivity index (χ3v) is 4.26. The normalized spacial score (nSPS) is 21.2. The minimum absolute atomic E-state index is 0.167. The van der Waals surface area contributed by atoms with Gasteiger partial charge < -0.3 is 20.5 Å².